The molecule has 0 aromatic heterocycles. The highest BCUT2D eigenvalue weighted by molar-refractivity contribution is 5.14. The molecule has 0 amide bonds. The molecule has 0 radical (unpaired) electrons. The average Bonchev–Trinajstić information content (AvgIpc) is 3.03. The predicted octanol–water partition coefficient (Wildman–Crippen LogP) is -0.0503. The van der Waals surface area contributed by atoms with Crippen LogP contribution in [0.25, 0.3) is 0 Å². The molecule has 14 heavy (non-hydrogen) atoms. The maximum Gasteiger partial charge on any atom is 0.119 e. The topological polar surface area (TPSA) is 62.3 Å². The van der Waals surface area contributed by atoms with Crippen molar-refractivity contribution in [1.82, 2.24) is 4.90 Å². The molecule has 2 fully saturated rings. The molecule has 78 valence electrons. The Hall–Kier alpha value is -0.630. The Morgan fingerprint density at radius 1 is 1.43 bits per heavy atom. The molecule has 0 aromatic rings. The van der Waals surface area contributed by atoms with Crippen molar-refractivity contribution in [3.8, 4) is 6.07 Å². The van der Waals surface area contributed by atoms with Crippen molar-refractivity contribution < 1.29 is 4.74 Å². The van der Waals surface area contributed by atoms with E-state index in [-0.39, 0.29) is 0 Å². The minimum atomic E-state index is -0.614. The van der Waals surface area contributed by atoms with Gasteiger partial charge >= 0.3 is 0 Å². The summed E-state index contributed by atoms with van der Waals surface area (Å²) in [6, 6.07) is 2.28. The third-order valence-corrected chi connectivity index (χ3v) is 3.10. The van der Waals surface area contributed by atoms with Gasteiger partial charge in [0.05, 0.1) is 19.3 Å². The number of nitriles is 1. The first-order valence-electron chi connectivity index (χ1n) is 5.25. The second-order valence-electron chi connectivity index (χ2n) is 4.31. The Morgan fingerprint density at radius 3 is 2.57 bits per heavy atom. The van der Waals surface area contributed by atoms with E-state index in [9.17, 15) is 0 Å². The largest absolute Gasteiger partial charge is 0.379 e. The smallest absolute Gasteiger partial charge is 0.119 e. The molecule has 1 unspecified atom stereocenters. The summed E-state index contributed by atoms with van der Waals surface area (Å²) >= 11 is 0. The number of hydrogen-bond acceptors (Lipinski definition) is 4. The highest BCUT2D eigenvalue weighted by Crippen LogP contribution is 2.38. The van der Waals surface area contributed by atoms with Crippen molar-refractivity contribution in [3.63, 3.8) is 0 Å². The molecular weight excluding hydrogens is 178 g/mol. The average molecular weight is 195 g/mol. The van der Waals surface area contributed by atoms with Gasteiger partial charge in [-0.05, 0) is 18.8 Å². The standard InChI is InChI=1S/C10H17N3O/c11-7-10(12,9-1-2-9)8-13-3-5-14-6-4-13/h9H,1-6,8,12H2. The molecule has 2 aliphatic rings. The summed E-state index contributed by atoms with van der Waals surface area (Å²) in [5.41, 5.74) is 5.48. The van der Waals surface area contributed by atoms with Gasteiger partial charge in [-0.15, -0.1) is 0 Å². The van der Waals surface area contributed by atoms with E-state index in [4.69, 9.17) is 15.7 Å². The molecule has 1 aliphatic heterocycles. The zero-order valence-corrected chi connectivity index (χ0v) is 8.41. The molecule has 0 spiro atoms. The Labute approximate surface area is 84.6 Å². The Balaban J connectivity index is 1.90. The summed E-state index contributed by atoms with van der Waals surface area (Å²) in [4.78, 5) is 2.24. The highest BCUT2D eigenvalue weighted by atomic mass is 16.5. The van der Waals surface area contributed by atoms with E-state index in [1.54, 1.807) is 0 Å². The Kier molecular flexibility index (Phi) is 2.73. The number of hydrogen-bond donors (Lipinski definition) is 1. The van der Waals surface area contributed by atoms with Crippen LogP contribution >= 0.6 is 0 Å². The van der Waals surface area contributed by atoms with Gasteiger partial charge < -0.3 is 10.5 Å². The van der Waals surface area contributed by atoms with Crippen LogP contribution in [0.5, 0.6) is 0 Å². The van der Waals surface area contributed by atoms with Gasteiger partial charge in [0.2, 0.25) is 0 Å². The molecule has 2 N–H and O–H groups in total. The lowest BCUT2D eigenvalue weighted by molar-refractivity contribution is 0.0300. The van der Waals surface area contributed by atoms with Crippen LogP contribution in [-0.2, 0) is 4.74 Å². The first kappa shape index (κ1) is 9.91. The van der Waals surface area contributed by atoms with Gasteiger partial charge in [0, 0.05) is 19.6 Å². The van der Waals surface area contributed by atoms with E-state index in [2.05, 4.69) is 11.0 Å². The monoisotopic (exact) mass is 195 g/mol. The fraction of sp³-hybridized carbons (Fsp3) is 0.900. The molecule has 4 heteroatoms. The van der Waals surface area contributed by atoms with Crippen LogP contribution in [0.4, 0.5) is 0 Å². The molecule has 2 rings (SSSR count). The third-order valence-electron chi connectivity index (χ3n) is 3.10. The van der Waals surface area contributed by atoms with Gasteiger partial charge in [-0.25, -0.2) is 0 Å². The molecule has 1 atom stereocenters. The van der Waals surface area contributed by atoms with Crippen molar-refractivity contribution in [2.75, 3.05) is 32.8 Å². The van der Waals surface area contributed by atoms with Gasteiger partial charge in [-0.1, -0.05) is 0 Å². The first-order valence-corrected chi connectivity index (χ1v) is 5.25. The van der Waals surface area contributed by atoms with E-state index >= 15 is 0 Å². The maximum atomic E-state index is 9.09. The van der Waals surface area contributed by atoms with Crippen LogP contribution in [0.2, 0.25) is 0 Å². The number of nitrogens with two attached hydrogens (primary N) is 1. The second-order valence-corrected chi connectivity index (χ2v) is 4.31. The van der Waals surface area contributed by atoms with Crippen molar-refractivity contribution >= 4 is 0 Å². The molecule has 1 heterocycles. The summed E-state index contributed by atoms with van der Waals surface area (Å²) in [6.45, 7) is 4.07. The normalized spacial score (nSPS) is 28.0. The summed E-state index contributed by atoms with van der Waals surface area (Å²) in [6.07, 6.45) is 2.24. The number of rotatable bonds is 3. The van der Waals surface area contributed by atoms with E-state index in [1.807, 2.05) is 0 Å². The van der Waals surface area contributed by atoms with Gasteiger partial charge in [0.25, 0.3) is 0 Å². The van der Waals surface area contributed by atoms with Gasteiger partial charge in [0.1, 0.15) is 5.54 Å². The van der Waals surface area contributed by atoms with E-state index in [1.165, 1.54) is 0 Å². The van der Waals surface area contributed by atoms with Gasteiger partial charge in [-0.3, -0.25) is 4.90 Å². The highest BCUT2D eigenvalue weighted by Gasteiger charge is 2.43. The van der Waals surface area contributed by atoms with Gasteiger partial charge in [0.15, 0.2) is 0 Å². The van der Waals surface area contributed by atoms with Crippen LogP contribution in [-0.4, -0.2) is 43.3 Å². The van der Waals surface area contributed by atoms with Crippen LogP contribution in [0.1, 0.15) is 12.8 Å². The zero-order valence-electron chi connectivity index (χ0n) is 8.41. The first-order chi connectivity index (χ1) is 6.74. The molecule has 1 aliphatic carbocycles. The summed E-state index contributed by atoms with van der Waals surface area (Å²) in [5.74, 6) is 0.426. The summed E-state index contributed by atoms with van der Waals surface area (Å²) in [5, 5.41) is 9.09. The Bertz CT molecular complexity index is 240. The van der Waals surface area contributed by atoms with Crippen LogP contribution in [0.15, 0.2) is 0 Å². The van der Waals surface area contributed by atoms with Crippen molar-refractivity contribution in [1.29, 1.82) is 5.26 Å². The van der Waals surface area contributed by atoms with Crippen molar-refractivity contribution in [3.05, 3.63) is 0 Å². The predicted molar refractivity (Wildman–Crippen MR) is 52.5 cm³/mol. The van der Waals surface area contributed by atoms with E-state index in [0.717, 1.165) is 39.1 Å². The minimum Gasteiger partial charge on any atom is -0.379 e. The lowest BCUT2D eigenvalue weighted by Crippen LogP contribution is -2.53. The van der Waals surface area contributed by atoms with Crippen LogP contribution in [0, 0.1) is 17.2 Å². The molecular formula is C10H17N3O. The number of ether oxygens (including phenoxy) is 1. The zero-order chi connectivity index (χ0) is 10.0. The fourth-order valence-corrected chi connectivity index (χ4v) is 1.98. The quantitative estimate of drug-likeness (QED) is 0.686. The molecule has 1 saturated carbocycles. The third kappa shape index (κ3) is 2.06. The number of nitrogens with zero attached hydrogens (tertiary/aromatic N) is 2. The Morgan fingerprint density at radius 2 is 2.07 bits per heavy atom. The van der Waals surface area contributed by atoms with E-state index < -0.39 is 5.54 Å². The molecule has 0 bridgehead atoms. The summed E-state index contributed by atoms with van der Waals surface area (Å²) in [7, 11) is 0. The maximum absolute atomic E-state index is 9.09. The van der Waals surface area contributed by atoms with Gasteiger partial charge in [-0.2, -0.15) is 5.26 Å². The number of morpholine rings is 1. The molecule has 1 saturated heterocycles. The lowest BCUT2D eigenvalue weighted by atomic mass is 9.95. The van der Waals surface area contributed by atoms with Crippen molar-refractivity contribution in [2.45, 2.75) is 18.4 Å². The molecule has 4 nitrogen and oxygen atoms in total. The second kappa shape index (κ2) is 3.85. The summed E-state index contributed by atoms with van der Waals surface area (Å²) < 4.78 is 5.26. The van der Waals surface area contributed by atoms with Crippen molar-refractivity contribution in [2.24, 2.45) is 11.7 Å². The minimum absolute atomic E-state index is 0.426. The van der Waals surface area contributed by atoms with E-state index in [0.29, 0.717) is 12.5 Å². The molecule has 0 aromatic carbocycles. The SMILES string of the molecule is N#CC(N)(CN1CCOCC1)C1CC1. The van der Waals surface area contributed by atoms with Crippen LogP contribution in [0.3, 0.4) is 0 Å². The lowest BCUT2D eigenvalue weighted by Gasteiger charge is -2.32. The van der Waals surface area contributed by atoms with Crippen LogP contribution < -0.4 is 5.73 Å². The fourth-order valence-electron chi connectivity index (χ4n) is 1.98.